The van der Waals surface area contributed by atoms with E-state index in [2.05, 4.69) is 21.8 Å². The van der Waals surface area contributed by atoms with Gasteiger partial charge in [-0.05, 0) is 38.7 Å². The Hall–Kier alpha value is -1.69. The number of hydrogen-bond donors (Lipinski definition) is 0. The average Bonchev–Trinajstić information content (AvgIpc) is 3.32. The first-order chi connectivity index (χ1) is 10.2. The van der Waals surface area contributed by atoms with E-state index >= 15 is 0 Å². The molecule has 0 bridgehead atoms. The standard InChI is InChI=1S/C15H21N3O3/c1-3-20-15(19)14-16-7-6-13(17-14)18-8-10(2)21-12(9-18)11-4-5-11/h6-7,10-12H,3-5,8-9H2,1-2H3/t10-,12-/m1/s1. The summed E-state index contributed by atoms with van der Waals surface area (Å²) in [6.45, 7) is 5.78. The van der Waals surface area contributed by atoms with Gasteiger partial charge >= 0.3 is 5.97 Å². The van der Waals surface area contributed by atoms with Crippen molar-refractivity contribution in [3.05, 3.63) is 18.1 Å². The molecule has 2 atom stereocenters. The third-order valence-corrected chi connectivity index (χ3v) is 3.86. The van der Waals surface area contributed by atoms with Crippen LogP contribution in [-0.2, 0) is 9.47 Å². The maximum absolute atomic E-state index is 11.7. The van der Waals surface area contributed by atoms with Gasteiger partial charge in [-0.15, -0.1) is 0 Å². The second-order valence-electron chi connectivity index (χ2n) is 5.69. The van der Waals surface area contributed by atoms with E-state index in [4.69, 9.17) is 9.47 Å². The predicted molar refractivity (Wildman–Crippen MR) is 77.3 cm³/mol. The first-order valence-electron chi connectivity index (χ1n) is 7.58. The van der Waals surface area contributed by atoms with Crippen LogP contribution >= 0.6 is 0 Å². The van der Waals surface area contributed by atoms with Crippen LogP contribution < -0.4 is 4.90 Å². The molecule has 0 spiro atoms. The molecule has 6 nitrogen and oxygen atoms in total. The number of rotatable bonds is 4. The Morgan fingerprint density at radius 1 is 1.48 bits per heavy atom. The van der Waals surface area contributed by atoms with Crippen molar-refractivity contribution in [2.75, 3.05) is 24.6 Å². The van der Waals surface area contributed by atoms with Gasteiger partial charge in [0.15, 0.2) is 0 Å². The van der Waals surface area contributed by atoms with Crippen LogP contribution in [0.4, 0.5) is 5.82 Å². The molecule has 1 aromatic rings. The van der Waals surface area contributed by atoms with Gasteiger partial charge in [0.25, 0.3) is 0 Å². The molecule has 2 heterocycles. The van der Waals surface area contributed by atoms with E-state index in [1.807, 2.05) is 6.07 Å². The molecule has 1 aliphatic carbocycles. The largest absolute Gasteiger partial charge is 0.460 e. The molecule has 0 amide bonds. The molecule has 21 heavy (non-hydrogen) atoms. The lowest BCUT2D eigenvalue weighted by Gasteiger charge is -2.37. The lowest BCUT2D eigenvalue weighted by molar-refractivity contribution is -0.0273. The summed E-state index contributed by atoms with van der Waals surface area (Å²) >= 11 is 0. The van der Waals surface area contributed by atoms with E-state index in [-0.39, 0.29) is 18.0 Å². The van der Waals surface area contributed by atoms with E-state index in [0.717, 1.165) is 18.9 Å². The van der Waals surface area contributed by atoms with Gasteiger partial charge in [0.2, 0.25) is 5.82 Å². The van der Waals surface area contributed by atoms with Crippen LogP contribution in [0.25, 0.3) is 0 Å². The highest BCUT2D eigenvalue weighted by Gasteiger charge is 2.37. The van der Waals surface area contributed by atoms with Crippen LogP contribution in [0.5, 0.6) is 0 Å². The van der Waals surface area contributed by atoms with Crippen LogP contribution in [0.2, 0.25) is 0 Å². The van der Waals surface area contributed by atoms with Crippen molar-refractivity contribution in [2.45, 2.75) is 38.9 Å². The smallest absolute Gasteiger partial charge is 0.376 e. The summed E-state index contributed by atoms with van der Waals surface area (Å²) in [5.41, 5.74) is 0. The molecule has 1 aromatic heterocycles. The van der Waals surface area contributed by atoms with Crippen LogP contribution in [-0.4, -0.2) is 47.8 Å². The Labute approximate surface area is 124 Å². The average molecular weight is 291 g/mol. The van der Waals surface area contributed by atoms with Crippen molar-refractivity contribution in [3.8, 4) is 0 Å². The Balaban J connectivity index is 1.75. The molecule has 2 fully saturated rings. The van der Waals surface area contributed by atoms with Gasteiger partial charge in [0.1, 0.15) is 5.82 Å². The quantitative estimate of drug-likeness (QED) is 0.786. The summed E-state index contributed by atoms with van der Waals surface area (Å²) in [7, 11) is 0. The third-order valence-electron chi connectivity index (χ3n) is 3.86. The number of anilines is 1. The van der Waals surface area contributed by atoms with Gasteiger partial charge in [-0.3, -0.25) is 0 Å². The number of hydrogen-bond acceptors (Lipinski definition) is 6. The highest BCUT2D eigenvalue weighted by molar-refractivity contribution is 5.85. The summed E-state index contributed by atoms with van der Waals surface area (Å²) in [6, 6.07) is 1.84. The molecule has 1 aliphatic heterocycles. The minimum absolute atomic E-state index is 0.122. The van der Waals surface area contributed by atoms with Crippen LogP contribution in [0.1, 0.15) is 37.3 Å². The fourth-order valence-corrected chi connectivity index (χ4v) is 2.72. The van der Waals surface area contributed by atoms with Crippen molar-refractivity contribution in [1.29, 1.82) is 0 Å². The van der Waals surface area contributed by atoms with Crippen LogP contribution in [0.15, 0.2) is 12.3 Å². The van der Waals surface area contributed by atoms with E-state index in [9.17, 15) is 4.79 Å². The zero-order valence-electron chi connectivity index (χ0n) is 12.5. The van der Waals surface area contributed by atoms with Crippen LogP contribution in [0, 0.1) is 5.92 Å². The summed E-state index contributed by atoms with van der Waals surface area (Å²) in [6.07, 6.45) is 4.56. The van der Waals surface area contributed by atoms with Gasteiger partial charge in [-0.25, -0.2) is 14.8 Å². The molecular formula is C15H21N3O3. The number of morpholine rings is 1. The molecule has 0 aromatic carbocycles. The Morgan fingerprint density at radius 3 is 3.00 bits per heavy atom. The first-order valence-corrected chi connectivity index (χ1v) is 7.58. The lowest BCUT2D eigenvalue weighted by Crippen LogP contribution is -2.48. The summed E-state index contributed by atoms with van der Waals surface area (Å²) in [5.74, 6) is 1.10. The Bertz CT molecular complexity index is 519. The monoisotopic (exact) mass is 291 g/mol. The van der Waals surface area contributed by atoms with E-state index < -0.39 is 5.97 Å². The molecule has 1 saturated carbocycles. The molecule has 0 N–H and O–H groups in total. The minimum atomic E-state index is -0.473. The first kappa shape index (κ1) is 14.3. The zero-order chi connectivity index (χ0) is 14.8. The maximum Gasteiger partial charge on any atom is 0.376 e. The summed E-state index contributed by atoms with van der Waals surface area (Å²) in [5, 5.41) is 0. The number of carbonyl (C=O) groups is 1. The molecular weight excluding hydrogens is 270 g/mol. The molecule has 0 unspecified atom stereocenters. The fraction of sp³-hybridized carbons (Fsp3) is 0.667. The number of esters is 1. The van der Waals surface area contributed by atoms with Gasteiger partial charge in [-0.2, -0.15) is 0 Å². The molecule has 6 heteroatoms. The number of ether oxygens (including phenoxy) is 2. The zero-order valence-corrected chi connectivity index (χ0v) is 12.5. The van der Waals surface area contributed by atoms with Crippen molar-refractivity contribution in [2.24, 2.45) is 5.92 Å². The van der Waals surface area contributed by atoms with Gasteiger partial charge < -0.3 is 14.4 Å². The van der Waals surface area contributed by atoms with Crippen LogP contribution in [0.3, 0.4) is 0 Å². The predicted octanol–water partition coefficient (Wildman–Crippen LogP) is 1.66. The van der Waals surface area contributed by atoms with Gasteiger partial charge in [0, 0.05) is 19.3 Å². The number of aromatic nitrogens is 2. The molecule has 114 valence electrons. The second-order valence-corrected chi connectivity index (χ2v) is 5.69. The van der Waals surface area contributed by atoms with E-state index in [1.165, 1.54) is 12.8 Å². The second kappa shape index (κ2) is 5.97. The van der Waals surface area contributed by atoms with E-state index in [1.54, 1.807) is 13.1 Å². The van der Waals surface area contributed by atoms with Crippen molar-refractivity contribution in [1.82, 2.24) is 9.97 Å². The molecule has 2 aliphatic rings. The summed E-state index contributed by atoms with van der Waals surface area (Å²) < 4.78 is 11.0. The number of nitrogens with zero attached hydrogens (tertiary/aromatic N) is 3. The van der Waals surface area contributed by atoms with Gasteiger partial charge in [0.05, 0.1) is 18.8 Å². The lowest BCUT2D eigenvalue weighted by atomic mass is 10.1. The SMILES string of the molecule is CCOC(=O)c1nccc(N2C[C@@H](C)O[C@@H](C3CC3)C2)n1. The third kappa shape index (κ3) is 3.32. The Morgan fingerprint density at radius 2 is 2.29 bits per heavy atom. The highest BCUT2D eigenvalue weighted by atomic mass is 16.5. The van der Waals surface area contributed by atoms with E-state index in [0.29, 0.717) is 12.5 Å². The topological polar surface area (TPSA) is 64.5 Å². The van der Waals surface area contributed by atoms with Crippen molar-refractivity contribution in [3.63, 3.8) is 0 Å². The maximum atomic E-state index is 11.7. The fourth-order valence-electron chi connectivity index (χ4n) is 2.72. The molecule has 0 radical (unpaired) electrons. The summed E-state index contributed by atoms with van der Waals surface area (Å²) in [4.78, 5) is 22.3. The highest BCUT2D eigenvalue weighted by Crippen LogP contribution is 2.37. The van der Waals surface area contributed by atoms with Crippen molar-refractivity contribution >= 4 is 11.8 Å². The van der Waals surface area contributed by atoms with Crippen molar-refractivity contribution < 1.29 is 14.3 Å². The Kier molecular flexibility index (Phi) is 4.05. The molecule has 3 rings (SSSR count). The number of carbonyl (C=O) groups excluding carboxylic acids is 1. The normalized spacial score (nSPS) is 25.7. The minimum Gasteiger partial charge on any atom is -0.460 e. The molecule has 1 saturated heterocycles. The van der Waals surface area contributed by atoms with Gasteiger partial charge in [-0.1, -0.05) is 0 Å².